The molecule has 2 saturated heterocycles. The number of nitrogens with zero attached hydrogens (tertiary/aromatic N) is 2. The summed E-state index contributed by atoms with van der Waals surface area (Å²) in [6.07, 6.45) is 3.91. The first-order valence-corrected chi connectivity index (χ1v) is 8.50. The molecule has 2 unspecified atom stereocenters. The number of rotatable bonds is 3. The molecule has 0 saturated carbocycles. The van der Waals surface area contributed by atoms with E-state index in [4.69, 9.17) is 0 Å². The molecule has 3 rings (SSSR count). The molecule has 116 valence electrons. The van der Waals surface area contributed by atoms with Crippen LogP contribution in [0.2, 0.25) is 0 Å². The average Bonchev–Trinajstić information content (AvgIpc) is 2.56. The van der Waals surface area contributed by atoms with Gasteiger partial charge in [-0.15, -0.1) is 0 Å². The quantitative estimate of drug-likeness (QED) is 0.921. The lowest BCUT2D eigenvalue weighted by atomic mass is 9.95. The van der Waals surface area contributed by atoms with Crippen molar-refractivity contribution in [1.82, 2.24) is 15.1 Å². The molecule has 1 N–H and O–H groups in total. The summed E-state index contributed by atoms with van der Waals surface area (Å²) in [6.45, 7) is 7.12. The van der Waals surface area contributed by atoms with Gasteiger partial charge in [-0.3, -0.25) is 4.90 Å². The highest BCUT2D eigenvalue weighted by Gasteiger charge is 2.33. The van der Waals surface area contributed by atoms with Crippen LogP contribution >= 0.6 is 0 Å². The van der Waals surface area contributed by atoms with Gasteiger partial charge in [0.05, 0.1) is 0 Å². The van der Waals surface area contributed by atoms with Gasteiger partial charge in [0.1, 0.15) is 0 Å². The van der Waals surface area contributed by atoms with E-state index in [0.29, 0.717) is 12.1 Å². The lowest BCUT2D eigenvalue weighted by molar-refractivity contribution is 0.0452. The van der Waals surface area contributed by atoms with Gasteiger partial charge in [0.15, 0.2) is 0 Å². The maximum atomic E-state index is 3.76. The van der Waals surface area contributed by atoms with E-state index in [1.165, 1.54) is 37.9 Å². The Balaban J connectivity index is 1.70. The largest absolute Gasteiger partial charge is 0.307 e. The van der Waals surface area contributed by atoms with Crippen molar-refractivity contribution in [1.29, 1.82) is 0 Å². The molecular weight excluding hydrogens is 258 g/mol. The average molecular weight is 287 g/mol. The fourth-order valence-corrected chi connectivity index (χ4v) is 3.88. The van der Waals surface area contributed by atoms with E-state index < -0.39 is 0 Å². The Hall–Kier alpha value is -0.900. The van der Waals surface area contributed by atoms with Crippen LogP contribution in [0.3, 0.4) is 0 Å². The molecule has 21 heavy (non-hydrogen) atoms. The van der Waals surface area contributed by atoms with Crippen LogP contribution in [0.15, 0.2) is 30.3 Å². The van der Waals surface area contributed by atoms with Crippen LogP contribution in [-0.2, 0) is 0 Å². The van der Waals surface area contributed by atoms with E-state index in [0.717, 1.165) is 19.1 Å². The van der Waals surface area contributed by atoms with Crippen LogP contribution in [0.5, 0.6) is 0 Å². The van der Waals surface area contributed by atoms with E-state index in [1.54, 1.807) is 0 Å². The predicted octanol–water partition coefficient (Wildman–Crippen LogP) is 2.51. The van der Waals surface area contributed by atoms with E-state index in [2.05, 4.69) is 59.4 Å². The Morgan fingerprint density at radius 2 is 1.86 bits per heavy atom. The third kappa shape index (κ3) is 3.47. The molecule has 3 heteroatoms. The minimum Gasteiger partial charge on any atom is -0.307 e. The Bertz CT molecular complexity index is 425. The second-order valence-corrected chi connectivity index (χ2v) is 6.66. The summed E-state index contributed by atoms with van der Waals surface area (Å²) in [7, 11) is 2.25. The van der Waals surface area contributed by atoms with Crippen molar-refractivity contribution in [3.63, 3.8) is 0 Å². The van der Waals surface area contributed by atoms with Crippen LogP contribution in [-0.4, -0.2) is 55.1 Å². The number of piperidine rings is 1. The second-order valence-electron chi connectivity index (χ2n) is 6.66. The van der Waals surface area contributed by atoms with Gasteiger partial charge >= 0.3 is 0 Å². The topological polar surface area (TPSA) is 18.5 Å². The SMILES string of the molecule is CCC1CNC(c2ccccc2)CN1C1CCN(C)CC1. The van der Waals surface area contributed by atoms with Gasteiger partial charge in [-0.1, -0.05) is 37.3 Å². The first-order valence-electron chi connectivity index (χ1n) is 8.50. The first kappa shape index (κ1) is 15.0. The maximum absolute atomic E-state index is 3.76. The molecule has 0 aromatic heterocycles. The zero-order valence-electron chi connectivity index (χ0n) is 13.5. The maximum Gasteiger partial charge on any atom is 0.0450 e. The van der Waals surface area contributed by atoms with Crippen LogP contribution < -0.4 is 5.32 Å². The standard InChI is InChI=1S/C18H29N3/c1-3-16-13-19-18(15-7-5-4-6-8-15)14-21(16)17-9-11-20(2)12-10-17/h4-8,16-19H,3,9-14H2,1-2H3. The Kier molecular flexibility index (Phi) is 4.94. The molecule has 1 aromatic rings. The molecule has 2 heterocycles. The molecule has 2 atom stereocenters. The molecule has 1 aromatic carbocycles. The Morgan fingerprint density at radius 3 is 2.52 bits per heavy atom. The molecule has 0 amide bonds. The van der Waals surface area contributed by atoms with Gasteiger partial charge in [0.2, 0.25) is 0 Å². The molecule has 0 bridgehead atoms. The smallest absolute Gasteiger partial charge is 0.0450 e. The summed E-state index contributed by atoms with van der Waals surface area (Å²) in [5.74, 6) is 0. The molecule has 2 fully saturated rings. The van der Waals surface area contributed by atoms with Crippen molar-refractivity contribution in [2.75, 3.05) is 33.2 Å². The predicted molar refractivity (Wildman–Crippen MR) is 88.5 cm³/mol. The molecule has 2 aliphatic rings. The van der Waals surface area contributed by atoms with Gasteiger partial charge in [0, 0.05) is 31.2 Å². The van der Waals surface area contributed by atoms with Gasteiger partial charge < -0.3 is 10.2 Å². The third-order valence-corrected chi connectivity index (χ3v) is 5.29. The van der Waals surface area contributed by atoms with Crippen LogP contribution in [0.25, 0.3) is 0 Å². The highest BCUT2D eigenvalue weighted by atomic mass is 15.3. The Labute approximate surface area is 129 Å². The first-order chi connectivity index (χ1) is 10.3. The summed E-state index contributed by atoms with van der Waals surface area (Å²) in [5, 5.41) is 3.76. The van der Waals surface area contributed by atoms with Crippen molar-refractivity contribution in [2.24, 2.45) is 0 Å². The van der Waals surface area contributed by atoms with Crippen LogP contribution in [0.1, 0.15) is 37.8 Å². The lowest BCUT2D eigenvalue weighted by Crippen LogP contribution is -2.57. The van der Waals surface area contributed by atoms with Crippen molar-refractivity contribution < 1.29 is 0 Å². The minimum absolute atomic E-state index is 0.494. The highest BCUT2D eigenvalue weighted by Crippen LogP contribution is 2.26. The normalized spacial score (nSPS) is 29.6. The molecule has 0 aliphatic carbocycles. The second kappa shape index (κ2) is 6.91. The summed E-state index contributed by atoms with van der Waals surface area (Å²) < 4.78 is 0. The van der Waals surface area contributed by atoms with Gasteiger partial charge in [-0.05, 0) is 45.0 Å². The van der Waals surface area contributed by atoms with Gasteiger partial charge in [-0.25, -0.2) is 0 Å². The Morgan fingerprint density at radius 1 is 1.14 bits per heavy atom. The minimum atomic E-state index is 0.494. The van der Waals surface area contributed by atoms with Gasteiger partial charge in [0.25, 0.3) is 0 Å². The van der Waals surface area contributed by atoms with E-state index in [1.807, 2.05) is 0 Å². The third-order valence-electron chi connectivity index (χ3n) is 5.29. The van der Waals surface area contributed by atoms with E-state index in [-0.39, 0.29) is 0 Å². The number of likely N-dealkylation sites (tertiary alicyclic amines) is 1. The summed E-state index contributed by atoms with van der Waals surface area (Å²) >= 11 is 0. The van der Waals surface area contributed by atoms with Crippen molar-refractivity contribution >= 4 is 0 Å². The van der Waals surface area contributed by atoms with Gasteiger partial charge in [-0.2, -0.15) is 0 Å². The van der Waals surface area contributed by atoms with E-state index >= 15 is 0 Å². The van der Waals surface area contributed by atoms with Crippen LogP contribution in [0, 0.1) is 0 Å². The fourth-order valence-electron chi connectivity index (χ4n) is 3.88. The fraction of sp³-hybridized carbons (Fsp3) is 0.667. The van der Waals surface area contributed by atoms with Crippen molar-refractivity contribution in [3.8, 4) is 0 Å². The van der Waals surface area contributed by atoms with Crippen LogP contribution in [0.4, 0.5) is 0 Å². The molecule has 0 radical (unpaired) electrons. The number of hydrogen-bond acceptors (Lipinski definition) is 3. The molecular formula is C18H29N3. The summed E-state index contributed by atoms with van der Waals surface area (Å²) in [4.78, 5) is 5.27. The number of benzene rings is 1. The lowest BCUT2D eigenvalue weighted by Gasteiger charge is -2.47. The molecule has 0 spiro atoms. The van der Waals surface area contributed by atoms with Crippen molar-refractivity contribution in [3.05, 3.63) is 35.9 Å². The number of piperazine rings is 1. The monoisotopic (exact) mass is 287 g/mol. The summed E-state index contributed by atoms with van der Waals surface area (Å²) in [6, 6.07) is 12.9. The van der Waals surface area contributed by atoms with Crippen molar-refractivity contribution in [2.45, 2.75) is 44.3 Å². The molecule has 2 aliphatic heterocycles. The number of nitrogens with one attached hydrogen (secondary N) is 1. The number of hydrogen-bond donors (Lipinski definition) is 1. The zero-order valence-corrected chi connectivity index (χ0v) is 13.5. The summed E-state index contributed by atoms with van der Waals surface area (Å²) in [5.41, 5.74) is 1.44. The highest BCUT2D eigenvalue weighted by molar-refractivity contribution is 5.20. The molecule has 3 nitrogen and oxygen atoms in total. The van der Waals surface area contributed by atoms with E-state index in [9.17, 15) is 0 Å². The zero-order chi connectivity index (χ0) is 14.7.